The summed E-state index contributed by atoms with van der Waals surface area (Å²) in [7, 11) is 0. The SMILES string of the molecule is Cc1ccc(C)c(-n2ncc(C(=O)NC(C(=O)O)C3CC3)c2C)c1. The van der Waals surface area contributed by atoms with Crippen LogP contribution < -0.4 is 5.32 Å². The summed E-state index contributed by atoms with van der Waals surface area (Å²) in [5, 5.41) is 16.2. The second-order valence-electron chi connectivity index (χ2n) is 6.47. The van der Waals surface area contributed by atoms with E-state index in [1.807, 2.05) is 39.0 Å². The summed E-state index contributed by atoms with van der Waals surface area (Å²) in [5.41, 5.74) is 4.18. The van der Waals surface area contributed by atoms with Gasteiger partial charge in [0, 0.05) is 0 Å². The molecule has 1 aliphatic rings. The second-order valence-corrected chi connectivity index (χ2v) is 6.47. The highest BCUT2D eigenvalue weighted by Crippen LogP contribution is 2.33. The van der Waals surface area contributed by atoms with Gasteiger partial charge in [0.1, 0.15) is 6.04 Å². The van der Waals surface area contributed by atoms with Gasteiger partial charge < -0.3 is 10.4 Å². The number of nitrogens with one attached hydrogen (secondary N) is 1. The van der Waals surface area contributed by atoms with Crippen LogP contribution in [0.15, 0.2) is 24.4 Å². The molecule has 1 saturated carbocycles. The van der Waals surface area contributed by atoms with Crippen molar-refractivity contribution >= 4 is 11.9 Å². The van der Waals surface area contributed by atoms with Gasteiger partial charge in [0.05, 0.1) is 23.1 Å². The van der Waals surface area contributed by atoms with Crippen LogP contribution in [0.2, 0.25) is 0 Å². The number of benzene rings is 1. The molecule has 1 aromatic carbocycles. The summed E-state index contributed by atoms with van der Waals surface area (Å²) in [6.07, 6.45) is 3.19. The van der Waals surface area contributed by atoms with Crippen molar-refractivity contribution in [1.29, 1.82) is 0 Å². The lowest BCUT2D eigenvalue weighted by Crippen LogP contribution is -2.42. The van der Waals surface area contributed by atoms with Gasteiger partial charge in [-0.1, -0.05) is 12.1 Å². The zero-order chi connectivity index (χ0) is 17.4. The number of carbonyl (C=O) groups is 2. The molecule has 1 fully saturated rings. The molecule has 0 spiro atoms. The third kappa shape index (κ3) is 3.04. The van der Waals surface area contributed by atoms with Gasteiger partial charge in [-0.2, -0.15) is 5.10 Å². The third-order valence-corrected chi connectivity index (χ3v) is 4.49. The maximum absolute atomic E-state index is 12.5. The Morgan fingerprint density at radius 3 is 2.62 bits per heavy atom. The van der Waals surface area contributed by atoms with Crippen LogP contribution in [0, 0.1) is 26.7 Å². The van der Waals surface area contributed by atoms with E-state index in [2.05, 4.69) is 10.4 Å². The quantitative estimate of drug-likeness (QED) is 0.883. The number of hydrogen-bond donors (Lipinski definition) is 2. The Bertz CT molecular complexity index is 806. The van der Waals surface area contributed by atoms with Crippen molar-refractivity contribution in [3.63, 3.8) is 0 Å². The molecule has 1 heterocycles. The molecule has 24 heavy (non-hydrogen) atoms. The second kappa shape index (κ2) is 6.11. The molecule has 1 amide bonds. The zero-order valence-corrected chi connectivity index (χ0v) is 14.0. The Kier molecular flexibility index (Phi) is 4.13. The first-order chi connectivity index (χ1) is 11.4. The van der Waals surface area contributed by atoms with Gasteiger partial charge in [0.25, 0.3) is 5.91 Å². The molecule has 0 radical (unpaired) electrons. The largest absolute Gasteiger partial charge is 0.480 e. The number of carbonyl (C=O) groups excluding carboxylic acids is 1. The van der Waals surface area contributed by atoms with Crippen LogP contribution >= 0.6 is 0 Å². The van der Waals surface area contributed by atoms with Crippen LogP contribution in [0.25, 0.3) is 5.69 Å². The summed E-state index contributed by atoms with van der Waals surface area (Å²) < 4.78 is 1.73. The molecule has 3 rings (SSSR count). The van der Waals surface area contributed by atoms with Gasteiger partial charge in [-0.15, -0.1) is 0 Å². The number of carboxylic acid groups (broad SMARTS) is 1. The minimum absolute atomic E-state index is 0.0424. The molecule has 6 heteroatoms. The topological polar surface area (TPSA) is 84.2 Å². The first-order valence-electron chi connectivity index (χ1n) is 8.04. The third-order valence-electron chi connectivity index (χ3n) is 4.49. The van der Waals surface area contributed by atoms with E-state index in [0.29, 0.717) is 11.3 Å². The number of rotatable bonds is 5. The van der Waals surface area contributed by atoms with Crippen molar-refractivity contribution in [1.82, 2.24) is 15.1 Å². The average molecular weight is 327 g/mol. The fourth-order valence-corrected chi connectivity index (χ4v) is 2.85. The molecule has 1 unspecified atom stereocenters. The monoisotopic (exact) mass is 327 g/mol. The number of aliphatic carboxylic acids is 1. The standard InChI is InChI=1S/C18H21N3O3/c1-10-4-5-11(2)15(8-10)21-12(3)14(9-19-21)17(22)20-16(18(23)24)13-6-7-13/h4-5,8-9,13,16H,6-7H2,1-3H3,(H,20,22)(H,23,24). The highest BCUT2D eigenvalue weighted by atomic mass is 16.4. The number of nitrogens with zero attached hydrogens (tertiary/aromatic N) is 2. The highest BCUT2D eigenvalue weighted by Gasteiger charge is 2.37. The van der Waals surface area contributed by atoms with Gasteiger partial charge in [0.15, 0.2) is 0 Å². The fourth-order valence-electron chi connectivity index (χ4n) is 2.85. The molecule has 1 aromatic heterocycles. The first-order valence-corrected chi connectivity index (χ1v) is 8.04. The van der Waals surface area contributed by atoms with Crippen molar-refractivity contribution in [2.45, 2.75) is 39.7 Å². The molecule has 0 bridgehead atoms. The molecule has 0 aliphatic heterocycles. The van der Waals surface area contributed by atoms with Crippen LogP contribution in [-0.4, -0.2) is 32.8 Å². The molecular weight excluding hydrogens is 306 g/mol. The van der Waals surface area contributed by atoms with E-state index in [1.54, 1.807) is 4.68 Å². The van der Waals surface area contributed by atoms with Crippen LogP contribution in [0.5, 0.6) is 0 Å². The normalized spacial score (nSPS) is 15.1. The molecule has 0 saturated heterocycles. The Labute approximate surface area is 140 Å². The number of amides is 1. The maximum atomic E-state index is 12.5. The summed E-state index contributed by atoms with van der Waals surface area (Å²) in [4.78, 5) is 23.8. The Morgan fingerprint density at radius 2 is 2.00 bits per heavy atom. The molecule has 6 nitrogen and oxygen atoms in total. The molecule has 126 valence electrons. The van der Waals surface area contributed by atoms with Gasteiger partial charge in [-0.05, 0) is 56.7 Å². The summed E-state index contributed by atoms with van der Waals surface area (Å²) in [6.45, 7) is 5.81. The minimum Gasteiger partial charge on any atom is -0.480 e. The van der Waals surface area contributed by atoms with Crippen molar-refractivity contribution in [3.05, 3.63) is 46.8 Å². The van der Waals surface area contributed by atoms with E-state index in [-0.39, 0.29) is 11.8 Å². The number of carboxylic acids is 1. The number of aryl methyl sites for hydroxylation is 2. The van der Waals surface area contributed by atoms with Crippen molar-refractivity contribution in [3.8, 4) is 5.69 Å². The lowest BCUT2D eigenvalue weighted by Gasteiger charge is -2.13. The number of hydrogen-bond acceptors (Lipinski definition) is 3. The molecule has 1 atom stereocenters. The summed E-state index contributed by atoms with van der Waals surface area (Å²) in [5.74, 6) is -1.32. The van der Waals surface area contributed by atoms with E-state index >= 15 is 0 Å². The van der Waals surface area contributed by atoms with E-state index < -0.39 is 12.0 Å². The van der Waals surface area contributed by atoms with Crippen LogP contribution in [-0.2, 0) is 4.79 Å². The van der Waals surface area contributed by atoms with E-state index in [1.165, 1.54) is 6.20 Å². The maximum Gasteiger partial charge on any atom is 0.326 e. The number of aromatic nitrogens is 2. The predicted molar refractivity (Wildman–Crippen MR) is 89.4 cm³/mol. The van der Waals surface area contributed by atoms with Crippen LogP contribution in [0.3, 0.4) is 0 Å². The van der Waals surface area contributed by atoms with Crippen LogP contribution in [0.4, 0.5) is 0 Å². The lowest BCUT2D eigenvalue weighted by atomic mass is 10.1. The Hall–Kier alpha value is -2.63. The first kappa shape index (κ1) is 16.2. The Morgan fingerprint density at radius 1 is 1.29 bits per heavy atom. The molecular formula is C18H21N3O3. The summed E-state index contributed by atoms with van der Waals surface area (Å²) in [6, 6.07) is 5.24. The summed E-state index contributed by atoms with van der Waals surface area (Å²) >= 11 is 0. The van der Waals surface area contributed by atoms with Crippen molar-refractivity contribution in [2.24, 2.45) is 5.92 Å². The van der Waals surface area contributed by atoms with Crippen molar-refractivity contribution < 1.29 is 14.7 Å². The Balaban J connectivity index is 1.88. The average Bonchev–Trinajstić information content (AvgIpc) is 3.29. The van der Waals surface area contributed by atoms with Gasteiger partial charge in [-0.25, -0.2) is 9.48 Å². The molecule has 1 aliphatic carbocycles. The molecule has 2 N–H and O–H groups in total. The lowest BCUT2D eigenvalue weighted by molar-refractivity contribution is -0.139. The zero-order valence-electron chi connectivity index (χ0n) is 14.0. The predicted octanol–water partition coefficient (Wildman–Crippen LogP) is 2.39. The van der Waals surface area contributed by atoms with E-state index in [9.17, 15) is 14.7 Å². The van der Waals surface area contributed by atoms with E-state index in [0.717, 1.165) is 29.7 Å². The van der Waals surface area contributed by atoms with Crippen molar-refractivity contribution in [2.75, 3.05) is 0 Å². The molecule has 2 aromatic rings. The van der Waals surface area contributed by atoms with Gasteiger partial charge >= 0.3 is 5.97 Å². The highest BCUT2D eigenvalue weighted by molar-refractivity contribution is 5.97. The fraction of sp³-hybridized carbons (Fsp3) is 0.389. The smallest absolute Gasteiger partial charge is 0.326 e. The van der Waals surface area contributed by atoms with Crippen LogP contribution in [0.1, 0.15) is 40.0 Å². The van der Waals surface area contributed by atoms with E-state index in [4.69, 9.17) is 0 Å². The van der Waals surface area contributed by atoms with Gasteiger partial charge in [-0.3, -0.25) is 4.79 Å². The minimum atomic E-state index is -0.981. The van der Waals surface area contributed by atoms with Gasteiger partial charge in [0.2, 0.25) is 0 Å².